The molecule has 0 aliphatic carbocycles. The highest BCUT2D eigenvalue weighted by Gasteiger charge is 2.21. The molecule has 0 bridgehead atoms. The van der Waals surface area contributed by atoms with Crippen molar-refractivity contribution in [2.24, 2.45) is 5.73 Å². The number of nitrogens with zero attached hydrogens (tertiary/aromatic N) is 1. The van der Waals surface area contributed by atoms with Crippen LogP contribution in [0.25, 0.3) is 11.1 Å². The number of hydrogen-bond donors (Lipinski definition) is 1. The third kappa shape index (κ3) is 2.63. The summed E-state index contributed by atoms with van der Waals surface area (Å²) in [4.78, 5) is 4.07. The number of aromatic nitrogens is 1. The molecule has 2 aromatic rings. The Hall–Kier alpha value is -1.42. The zero-order valence-electron chi connectivity index (χ0n) is 10.6. The van der Waals surface area contributed by atoms with Crippen molar-refractivity contribution >= 4 is 12.4 Å². The smallest absolute Gasteiger partial charge is 0.0950 e. The number of hydrogen-bond acceptors (Lipinski definition) is 3. The van der Waals surface area contributed by atoms with Gasteiger partial charge < -0.3 is 10.5 Å². The number of nitrogens with two attached hydrogens (primary N) is 1. The van der Waals surface area contributed by atoms with E-state index in [1.807, 2.05) is 24.5 Å². The molecule has 1 aliphatic heterocycles. The van der Waals surface area contributed by atoms with Crippen molar-refractivity contribution < 1.29 is 4.74 Å². The first-order chi connectivity index (χ1) is 8.90. The van der Waals surface area contributed by atoms with Gasteiger partial charge in [0.15, 0.2) is 0 Å². The van der Waals surface area contributed by atoms with Crippen molar-refractivity contribution in [1.82, 2.24) is 4.98 Å². The standard InChI is InChI=1S/C15H16N2O.ClH/c16-10-15-14-3-1-2-12(13(14)6-9-18-15)11-4-7-17-8-5-11;/h1-5,7-8,15H,6,9-10,16H2;1H/t15-;/m0./s1. The zero-order valence-corrected chi connectivity index (χ0v) is 11.4. The summed E-state index contributed by atoms with van der Waals surface area (Å²) in [5.74, 6) is 0. The van der Waals surface area contributed by atoms with Gasteiger partial charge in [0.1, 0.15) is 0 Å². The van der Waals surface area contributed by atoms with E-state index in [0.29, 0.717) is 6.54 Å². The topological polar surface area (TPSA) is 48.1 Å². The van der Waals surface area contributed by atoms with Gasteiger partial charge in [-0.25, -0.2) is 0 Å². The normalized spacial score (nSPS) is 17.4. The van der Waals surface area contributed by atoms with Crippen LogP contribution in [0.1, 0.15) is 17.2 Å². The van der Waals surface area contributed by atoms with Crippen LogP contribution < -0.4 is 5.73 Å². The summed E-state index contributed by atoms with van der Waals surface area (Å²) in [7, 11) is 0. The molecule has 0 saturated heterocycles. The number of benzene rings is 1. The Morgan fingerprint density at radius 2 is 2.00 bits per heavy atom. The number of fused-ring (bicyclic) bond motifs is 1. The van der Waals surface area contributed by atoms with E-state index in [1.165, 1.54) is 22.3 Å². The largest absolute Gasteiger partial charge is 0.372 e. The van der Waals surface area contributed by atoms with Crippen LogP contribution in [0.4, 0.5) is 0 Å². The van der Waals surface area contributed by atoms with Gasteiger partial charge in [-0.3, -0.25) is 4.98 Å². The highest BCUT2D eigenvalue weighted by molar-refractivity contribution is 5.85. The van der Waals surface area contributed by atoms with Crippen LogP contribution in [0.5, 0.6) is 0 Å². The van der Waals surface area contributed by atoms with E-state index in [0.717, 1.165) is 13.0 Å². The molecule has 2 N–H and O–H groups in total. The van der Waals surface area contributed by atoms with Crippen LogP contribution in [0, 0.1) is 0 Å². The Labute approximate surface area is 119 Å². The van der Waals surface area contributed by atoms with Crippen molar-refractivity contribution in [2.45, 2.75) is 12.5 Å². The molecule has 1 aliphatic rings. The van der Waals surface area contributed by atoms with E-state index in [2.05, 4.69) is 23.2 Å². The van der Waals surface area contributed by atoms with Crippen molar-refractivity contribution in [3.8, 4) is 11.1 Å². The summed E-state index contributed by atoms with van der Waals surface area (Å²) in [6.45, 7) is 1.28. The summed E-state index contributed by atoms with van der Waals surface area (Å²) in [6.07, 6.45) is 4.64. The van der Waals surface area contributed by atoms with Gasteiger partial charge in [0, 0.05) is 18.9 Å². The van der Waals surface area contributed by atoms with Crippen molar-refractivity contribution in [3.63, 3.8) is 0 Å². The maximum absolute atomic E-state index is 5.77. The molecule has 0 fully saturated rings. The van der Waals surface area contributed by atoms with Gasteiger partial charge in [0.25, 0.3) is 0 Å². The van der Waals surface area contributed by atoms with Crippen LogP contribution in [-0.4, -0.2) is 18.1 Å². The zero-order chi connectivity index (χ0) is 12.4. The Bertz CT molecular complexity index is 545. The molecule has 0 spiro atoms. The lowest BCUT2D eigenvalue weighted by Gasteiger charge is -2.27. The Morgan fingerprint density at radius 3 is 2.74 bits per heavy atom. The molecule has 2 heterocycles. The van der Waals surface area contributed by atoms with Crippen molar-refractivity contribution in [3.05, 3.63) is 53.9 Å². The van der Waals surface area contributed by atoms with Gasteiger partial charge in [-0.2, -0.15) is 0 Å². The van der Waals surface area contributed by atoms with E-state index in [4.69, 9.17) is 10.5 Å². The third-order valence-corrected chi connectivity index (χ3v) is 3.44. The van der Waals surface area contributed by atoms with E-state index in [1.54, 1.807) is 0 Å². The molecule has 4 heteroatoms. The summed E-state index contributed by atoms with van der Waals surface area (Å²) in [5.41, 5.74) is 10.9. The predicted octanol–water partition coefficient (Wildman–Crippen LogP) is 2.74. The quantitative estimate of drug-likeness (QED) is 0.917. The lowest BCUT2D eigenvalue weighted by Crippen LogP contribution is -2.23. The Balaban J connectivity index is 0.00000133. The molecule has 0 unspecified atom stereocenters. The maximum atomic E-state index is 5.77. The molecule has 1 aromatic heterocycles. The molecule has 3 nitrogen and oxygen atoms in total. The summed E-state index contributed by atoms with van der Waals surface area (Å²) in [5, 5.41) is 0. The fraction of sp³-hybridized carbons (Fsp3) is 0.267. The van der Waals surface area contributed by atoms with Crippen LogP contribution in [0.15, 0.2) is 42.7 Å². The van der Waals surface area contributed by atoms with Crippen LogP contribution in [0.2, 0.25) is 0 Å². The Morgan fingerprint density at radius 1 is 1.21 bits per heavy atom. The van der Waals surface area contributed by atoms with Gasteiger partial charge in [-0.15, -0.1) is 12.4 Å². The van der Waals surface area contributed by atoms with Crippen molar-refractivity contribution in [1.29, 1.82) is 0 Å². The van der Waals surface area contributed by atoms with E-state index < -0.39 is 0 Å². The second-order valence-corrected chi connectivity index (χ2v) is 4.45. The lowest BCUT2D eigenvalue weighted by molar-refractivity contribution is 0.0486. The van der Waals surface area contributed by atoms with Gasteiger partial charge >= 0.3 is 0 Å². The molecular weight excluding hydrogens is 260 g/mol. The van der Waals surface area contributed by atoms with Crippen LogP contribution in [0.3, 0.4) is 0 Å². The van der Waals surface area contributed by atoms with Crippen molar-refractivity contribution in [2.75, 3.05) is 13.2 Å². The molecule has 0 saturated carbocycles. The summed E-state index contributed by atoms with van der Waals surface area (Å²) >= 11 is 0. The second-order valence-electron chi connectivity index (χ2n) is 4.45. The second kappa shape index (κ2) is 6.15. The van der Waals surface area contributed by atoms with Crippen LogP contribution >= 0.6 is 12.4 Å². The first-order valence-corrected chi connectivity index (χ1v) is 6.24. The minimum atomic E-state index is 0. The summed E-state index contributed by atoms with van der Waals surface area (Å²) < 4.78 is 5.71. The predicted molar refractivity (Wildman–Crippen MR) is 78.4 cm³/mol. The number of halogens is 1. The first kappa shape index (κ1) is 14.0. The molecule has 3 rings (SSSR count). The monoisotopic (exact) mass is 276 g/mol. The average molecular weight is 277 g/mol. The number of ether oxygens (including phenoxy) is 1. The number of pyridine rings is 1. The summed E-state index contributed by atoms with van der Waals surface area (Å²) in [6, 6.07) is 10.4. The van der Waals surface area contributed by atoms with Gasteiger partial charge in [0.2, 0.25) is 0 Å². The molecule has 19 heavy (non-hydrogen) atoms. The molecule has 1 atom stereocenters. The third-order valence-electron chi connectivity index (χ3n) is 3.44. The molecule has 100 valence electrons. The Kier molecular flexibility index (Phi) is 4.53. The maximum Gasteiger partial charge on any atom is 0.0950 e. The van der Waals surface area contributed by atoms with E-state index >= 15 is 0 Å². The van der Waals surface area contributed by atoms with Gasteiger partial charge in [0.05, 0.1) is 12.7 Å². The SMILES string of the molecule is Cl.NC[C@@H]1OCCc2c(-c3ccncc3)cccc21. The van der Waals surface area contributed by atoms with Crippen LogP contribution in [-0.2, 0) is 11.2 Å². The molecule has 0 amide bonds. The minimum absolute atomic E-state index is 0. The molecule has 0 radical (unpaired) electrons. The first-order valence-electron chi connectivity index (χ1n) is 6.24. The highest BCUT2D eigenvalue weighted by atomic mass is 35.5. The fourth-order valence-corrected chi connectivity index (χ4v) is 2.58. The molecule has 1 aromatic carbocycles. The minimum Gasteiger partial charge on any atom is -0.372 e. The fourth-order valence-electron chi connectivity index (χ4n) is 2.58. The lowest BCUT2D eigenvalue weighted by atomic mass is 9.90. The van der Waals surface area contributed by atoms with Gasteiger partial charge in [-0.05, 0) is 40.8 Å². The van der Waals surface area contributed by atoms with Gasteiger partial charge in [-0.1, -0.05) is 18.2 Å². The molecular formula is C15H17ClN2O. The average Bonchev–Trinajstić information content (AvgIpc) is 2.47. The number of rotatable bonds is 2. The highest BCUT2D eigenvalue weighted by Crippen LogP contribution is 2.33. The van der Waals surface area contributed by atoms with E-state index in [-0.39, 0.29) is 18.5 Å². The van der Waals surface area contributed by atoms with E-state index in [9.17, 15) is 0 Å².